The number of aliphatic carboxylic acids is 1. The zero-order chi connectivity index (χ0) is 8.69. The van der Waals surface area contributed by atoms with Crippen LogP contribution < -0.4 is 5.32 Å². The molecule has 0 unspecified atom stereocenters. The largest absolute Gasteiger partial charge is 0.480 e. The van der Waals surface area contributed by atoms with Gasteiger partial charge in [0.25, 0.3) is 0 Å². The van der Waals surface area contributed by atoms with Gasteiger partial charge in [-0.3, -0.25) is 4.79 Å². The van der Waals surface area contributed by atoms with Gasteiger partial charge in [0.1, 0.15) is 6.04 Å². The first-order valence-electron chi connectivity index (χ1n) is 3.40. The minimum absolute atomic E-state index is 0.102. The molecule has 1 atom stereocenters. The van der Waals surface area contributed by atoms with E-state index in [0.29, 0.717) is 0 Å². The third-order valence-corrected chi connectivity index (χ3v) is 1.22. The summed E-state index contributed by atoms with van der Waals surface area (Å²) in [5.41, 5.74) is 0. The Morgan fingerprint density at radius 2 is 2.00 bits per heavy atom. The van der Waals surface area contributed by atoms with E-state index < -0.39 is 12.0 Å². The molecule has 0 fully saturated rings. The zero-order valence-electron chi connectivity index (χ0n) is 6.16. The normalized spacial score (nSPS) is 12.9. The lowest BCUT2D eigenvalue weighted by molar-refractivity contribution is -0.139. The maximum Gasteiger partial charge on any atom is 0.320 e. The topological polar surface area (TPSA) is 89.8 Å². The summed E-state index contributed by atoms with van der Waals surface area (Å²) < 4.78 is 0. The predicted octanol–water partition coefficient (Wildman–Crippen LogP) is -1.60. The molecule has 11 heavy (non-hydrogen) atoms. The second-order valence-corrected chi connectivity index (χ2v) is 2.08. The first-order valence-corrected chi connectivity index (χ1v) is 3.40. The Morgan fingerprint density at radius 1 is 1.36 bits per heavy atom. The van der Waals surface area contributed by atoms with Crippen LogP contribution in [0.15, 0.2) is 0 Å². The standard InChI is InChI=1S/C6H13NO4/c8-3-1-5(6(10)11)7-2-4-9/h5,7-9H,1-4H2,(H,10,11)/t5-/m0/s1. The van der Waals surface area contributed by atoms with Gasteiger partial charge >= 0.3 is 5.97 Å². The van der Waals surface area contributed by atoms with Crippen LogP contribution in [0.1, 0.15) is 6.42 Å². The van der Waals surface area contributed by atoms with Gasteiger partial charge in [0, 0.05) is 13.2 Å². The second-order valence-electron chi connectivity index (χ2n) is 2.08. The average molecular weight is 163 g/mol. The third-order valence-electron chi connectivity index (χ3n) is 1.22. The Hall–Kier alpha value is -0.650. The molecule has 66 valence electrons. The van der Waals surface area contributed by atoms with Crippen LogP contribution in [0.25, 0.3) is 0 Å². The van der Waals surface area contributed by atoms with E-state index in [2.05, 4.69) is 5.32 Å². The fourth-order valence-electron chi connectivity index (χ4n) is 0.681. The number of carbonyl (C=O) groups is 1. The minimum Gasteiger partial charge on any atom is -0.480 e. The summed E-state index contributed by atoms with van der Waals surface area (Å²) in [5, 5.41) is 27.8. The first kappa shape index (κ1) is 10.3. The van der Waals surface area contributed by atoms with Crippen LogP contribution in [0.2, 0.25) is 0 Å². The number of hydrogen-bond donors (Lipinski definition) is 4. The monoisotopic (exact) mass is 163 g/mol. The molecular formula is C6H13NO4. The SMILES string of the molecule is O=C(O)[C@H](CCO)NCCO. The molecule has 5 nitrogen and oxygen atoms in total. The third kappa shape index (κ3) is 4.72. The van der Waals surface area contributed by atoms with Gasteiger partial charge < -0.3 is 20.6 Å². The van der Waals surface area contributed by atoms with E-state index in [1.54, 1.807) is 0 Å². The number of carboxylic acids is 1. The van der Waals surface area contributed by atoms with E-state index in [1.807, 2.05) is 0 Å². The summed E-state index contributed by atoms with van der Waals surface area (Å²) in [4.78, 5) is 10.3. The molecule has 0 heterocycles. The van der Waals surface area contributed by atoms with Crippen LogP contribution in [0.5, 0.6) is 0 Å². The zero-order valence-corrected chi connectivity index (χ0v) is 6.16. The summed E-state index contributed by atoms with van der Waals surface area (Å²) in [6, 6.07) is -0.757. The Morgan fingerprint density at radius 3 is 2.36 bits per heavy atom. The van der Waals surface area contributed by atoms with Gasteiger partial charge in [0.05, 0.1) is 6.61 Å². The molecule has 0 saturated heterocycles. The molecule has 0 saturated carbocycles. The molecule has 0 bridgehead atoms. The molecular weight excluding hydrogens is 150 g/mol. The fraction of sp³-hybridized carbons (Fsp3) is 0.833. The highest BCUT2D eigenvalue weighted by Gasteiger charge is 2.14. The van der Waals surface area contributed by atoms with Crippen molar-refractivity contribution in [2.75, 3.05) is 19.8 Å². The molecule has 5 heteroatoms. The maximum absolute atomic E-state index is 10.3. The summed E-state index contributed by atoms with van der Waals surface area (Å²) in [6.07, 6.45) is 0.162. The van der Waals surface area contributed by atoms with Gasteiger partial charge in [-0.1, -0.05) is 0 Å². The molecule has 0 aliphatic heterocycles. The lowest BCUT2D eigenvalue weighted by Crippen LogP contribution is -2.38. The van der Waals surface area contributed by atoms with Crippen molar-refractivity contribution in [2.45, 2.75) is 12.5 Å². The Bertz CT molecular complexity index is 117. The number of aliphatic hydroxyl groups excluding tert-OH is 2. The number of hydrogen-bond acceptors (Lipinski definition) is 4. The average Bonchev–Trinajstić information content (AvgIpc) is 1.97. The highest BCUT2D eigenvalue weighted by Crippen LogP contribution is 1.89. The molecule has 4 N–H and O–H groups in total. The first-order chi connectivity index (χ1) is 5.22. The molecule has 0 amide bonds. The lowest BCUT2D eigenvalue weighted by atomic mass is 10.2. The highest BCUT2D eigenvalue weighted by molar-refractivity contribution is 5.73. The van der Waals surface area contributed by atoms with Crippen LogP contribution in [-0.4, -0.2) is 47.1 Å². The molecule has 0 rings (SSSR count). The molecule has 0 spiro atoms. The van der Waals surface area contributed by atoms with Crippen molar-refractivity contribution in [2.24, 2.45) is 0 Å². The van der Waals surface area contributed by atoms with Crippen molar-refractivity contribution in [1.29, 1.82) is 0 Å². The van der Waals surface area contributed by atoms with Crippen molar-refractivity contribution < 1.29 is 20.1 Å². The predicted molar refractivity (Wildman–Crippen MR) is 38.2 cm³/mol. The van der Waals surface area contributed by atoms with Crippen molar-refractivity contribution >= 4 is 5.97 Å². The molecule has 0 aromatic carbocycles. The summed E-state index contributed by atoms with van der Waals surface area (Å²) in [6.45, 7) is -0.0401. The maximum atomic E-state index is 10.3. The van der Waals surface area contributed by atoms with Crippen molar-refractivity contribution in [3.05, 3.63) is 0 Å². The van der Waals surface area contributed by atoms with E-state index in [1.165, 1.54) is 0 Å². The van der Waals surface area contributed by atoms with Gasteiger partial charge in [0.15, 0.2) is 0 Å². The van der Waals surface area contributed by atoms with E-state index in [4.69, 9.17) is 15.3 Å². The summed E-state index contributed by atoms with van der Waals surface area (Å²) >= 11 is 0. The Kier molecular flexibility index (Phi) is 5.73. The van der Waals surface area contributed by atoms with Gasteiger partial charge in [-0.15, -0.1) is 0 Å². The second kappa shape index (κ2) is 6.09. The molecule has 0 aromatic rings. The Labute approximate surface area is 64.7 Å². The molecule has 0 radical (unpaired) electrons. The van der Waals surface area contributed by atoms with Crippen molar-refractivity contribution in [3.63, 3.8) is 0 Å². The van der Waals surface area contributed by atoms with Crippen LogP contribution >= 0.6 is 0 Å². The van der Waals surface area contributed by atoms with Crippen LogP contribution in [0.3, 0.4) is 0 Å². The lowest BCUT2D eigenvalue weighted by Gasteiger charge is -2.10. The van der Waals surface area contributed by atoms with E-state index >= 15 is 0 Å². The van der Waals surface area contributed by atoms with Crippen LogP contribution in [0.4, 0.5) is 0 Å². The van der Waals surface area contributed by atoms with Crippen molar-refractivity contribution in [1.82, 2.24) is 5.32 Å². The highest BCUT2D eigenvalue weighted by atomic mass is 16.4. The summed E-state index contributed by atoms with van der Waals surface area (Å²) in [7, 11) is 0. The van der Waals surface area contributed by atoms with E-state index in [-0.39, 0.29) is 26.2 Å². The smallest absolute Gasteiger partial charge is 0.320 e. The number of aliphatic hydroxyl groups is 2. The Balaban J connectivity index is 3.60. The number of rotatable bonds is 6. The fourth-order valence-corrected chi connectivity index (χ4v) is 0.681. The summed E-state index contributed by atoms with van der Waals surface area (Å²) in [5.74, 6) is -1.01. The molecule has 0 aromatic heterocycles. The van der Waals surface area contributed by atoms with Crippen LogP contribution in [0, 0.1) is 0 Å². The van der Waals surface area contributed by atoms with Crippen molar-refractivity contribution in [3.8, 4) is 0 Å². The number of nitrogens with one attached hydrogen (secondary N) is 1. The number of carboxylic acid groups (broad SMARTS) is 1. The van der Waals surface area contributed by atoms with Gasteiger partial charge in [-0.05, 0) is 6.42 Å². The van der Waals surface area contributed by atoms with Gasteiger partial charge in [-0.2, -0.15) is 0 Å². The van der Waals surface area contributed by atoms with E-state index in [9.17, 15) is 4.79 Å². The van der Waals surface area contributed by atoms with Crippen LogP contribution in [-0.2, 0) is 4.79 Å². The van der Waals surface area contributed by atoms with E-state index in [0.717, 1.165) is 0 Å². The molecule has 0 aliphatic rings. The minimum atomic E-state index is -1.01. The quantitative estimate of drug-likeness (QED) is 0.379. The van der Waals surface area contributed by atoms with Gasteiger partial charge in [0.2, 0.25) is 0 Å². The van der Waals surface area contributed by atoms with Gasteiger partial charge in [-0.25, -0.2) is 0 Å². The molecule has 0 aliphatic carbocycles.